The van der Waals surface area contributed by atoms with Crippen LogP contribution in [0.1, 0.15) is 17.5 Å². The molecule has 0 atom stereocenters. The summed E-state index contributed by atoms with van der Waals surface area (Å²) in [4.78, 5) is 2.38. The molecule has 0 bridgehead atoms. The minimum atomic E-state index is -0.0922. The summed E-state index contributed by atoms with van der Waals surface area (Å²) in [5.41, 5.74) is 1.80. The highest BCUT2D eigenvalue weighted by molar-refractivity contribution is 5.85. The van der Waals surface area contributed by atoms with Gasteiger partial charge in [-0.15, -0.1) is 12.4 Å². The number of nitrogens with zero attached hydrogens (tertiary/aromatic N) is 1. The van der Waals surface area contributed by atoms with E-state index in [1.54, 1.807) is 13.0 Å². The highest BCUT2D eigenvalue weighted by Crippen LogP contribution is 2.11. The van der Waals surface area contributed by atoms with Gasteiger partial charge in [-0.05, 0) is 43.6 Å². The molecule has 0 spiro atoms. The van der Waals surface area contributed by atoms with Crippen LogP contribution in [0, 0.1) is 12.7 Å². The first-order valence-corrected chi connectivity index (χ1v) is 5.94. The largest absolute Gasteiger partial charge is 0.315 e. The highest BCUT2D eigenvalue weighted by atomic mass is 35.5. The van der Waals surface area contributed by atoms with Gasteiger partial charge < -0.3 is 5.32 Å². The zero-order chi connectivity index (χ0) is 11.4. The van der Waals surface area contributed by atoms with Crippen molar-refractivity contribution in [2.75, 3.05) is 26.2 Å². The molecule has 1 saturated heterocycles. The van der Waals surface area contributed by atoms with Crippen molar-refractivity contribution >= 4 is 12.4 Å². The molecule has 1 fully saturated rings. The zero-order valence-electron chi connectivity index (χ0n) is 10.2. The Morgan fingerprint density at radius 3 is 2.88 bits per heavy atom. The molecule has 1 N–H and O–H groups in total. The topological polar surface area (TPSA) is 15.3 Å². The average Bonchev–Trinajstić information content (AvgIpc) is 2.52. The molecule has 4 heteroatoms. The Kier molecular flexibility index (Phi) is 5.89. The van der Waals surface area contributed by atoms with E-state index in [9.17, 15) is 4.39 Å². The van der Waals surface area contributed by atoms with Gasteiger partial charge in [0.15, 0.2) is 0 Å². The van der Waals surface area contributed by atoms with Gasteiger partial charge in [0, 0.05) is 19.6 Å². The van der Waals surface area contributed by atoms with Gasteiger partial charge in [-0.2, -0.15) is 0 Å². The van der Waals surface area contributed by atoms with Crippen molar-refractivity contribution in [1.29, 1.82) is 0 Å². The molecule has 0 radical (unpaired) electrons. The first-order chi connectivity index (χ1) is 7.75. The second kappa shape index (κ2) is 6.94. The molecule has 17 heavy (non-hydrogen) atoms. The van der Waals surface area contributed by atoms with E-state index >= 15 is 0 Å². The van der Waals surface area contributed by atoms with Crippen molar-refractivity contribution in [2.24, 2.45) is 0 Å². The van der Waals surface area contributed by atoms with Crippen LogP contribution < -0.4 is 5.32 Å². The van der Waals surface area contributed by atoms with Crippen LogP contribution >= 0.6 is 12.4 Å². The summed E-state index contributed by atoms with van der Waals surface area (Å²) >= 11 is 0. The number of aryl methyl sites for hydroxylation is 1. The summed E-state index contributed by atoms with van der Waals surface area (Å²) in [5, 5.41) is 3.37. The smallest absolute Gasteiger partial charge is 0.126 e. The van der Waals surface area contributed by atoms with Crippen LogP contribution in [0.3, 0.4) is 0 Å². The molecule has 2 nitrogen and oxygen atoms in total. The van der Waals surface area contributed by atoms with E-state index in [1.807, 2.05) is 12.1 Å². The van der Waals surface area contributed by atoms with Gasteiger partial charge in [-0.3, -0.25) is 4.90 Å². The summed E-state index contributed by atoms with van der Waals surface area (Å²) in [5.74, 6) is -0.0922. The number of benzene rings is 1. The Balaban J connectivity index is 0.00000144. The Labute approximate surface area is 109 Å². The molecule has 0 saturated carbocycles. The van der Waals surface area contributed by atoms with E-state index < -0.39 is 0 Å². The molecule has 1 heterocycles. The fourth-order valence-electron chi connectivity index (χ4n) is 2.05. The van der Waals surface area contributed by atoms with E-state index in [-0.39, 0.29) is 18.2 Å². The minimum Gasteiger partial charge on any atom is -0.315 e. The molecule has 0 amide bonds. The van der Waals surface area contributed by atoms with Gasteiger partial charge in [0.25, 0.3) is 0 Å². The maximum atomic E-state index is 13.4. The Hall–Kier alpha value is -0.640. The summed E-state index contributed by atoms with van der Waals surface area (Å²) < 4.78 is 13.4. The van der Waals surface area contributed by atoms with Crippen molar-refractivity contribution < 1.29 is 4.39 Å². The molecule has 0 aromatic heterocycles. The second-order valence-corrected chi connectivity index (χ2v) is 4.46. The number of rotatable bonds is 2. The summed E-state index contributed by atoms with van der Waals surface area (Å²) in [6, 6.07) is 5.55. The lowest BCUT2D eigenvalue weighted by molar-refractivity contribution is 0.284. The third kappa shape index (κ3) is 4.26. The Morgan fingerprint density at radius 1 is 1.29 bits per heavy atom. The maximum absolute atomic E-state index is 13.4. The fourth-order valence-corrected chi connectivity index (χ4v) is 2.05. The van der Waals surface area contributed by atoms with Crippen LogP contribution in [0.5, 0.6) is 0 Å². The standard InChI is InChI=1S/C13H19FN2.ClH/c1-11-3-4-12(9-13(11)14)10-16-7-2-5-15-6-8-16;/h3-4,9,15H,2,5-8,10H2,1H3;1H. The van der Waals surface area contributed by atoms with Crippen molar-refractivity contribution in [3.05, 3.63) is 35.1 Å². The van der Waals surface area contributed by atoms with E-state index in [2.05, 4.69) is 10.2 Å². The lowest BCUT2D eigenvalue weighted by Crippen LogP contribution is -2.27. The lowest BCUT2D eigenvalue weighted by atomic mass is 10.1. The maximum Gasteiger partial charge on any atom is 0.126 e. The van der Waals surface area contributed by atoms with Crippen molar-refractivity contribution in [2.45, 2.75) is 19.9 Å². The highest BCUT2D eigenvalue weighted by Gasteiger charge is 2.09. The fraction of sp³-hybridized carbons (Fsp3) is 0.538. The molecule has 1 aliphatic rings. The molecule has 1 aromatic rings. The molecule has 96 valence electrons. The second-order valence-electron chi connectivity index (χ2n) is 4.46. The van der Waals surface area contributed by atoms with Crippen LogP contribution in [0.15, 0.2) is 18.2 Å². The third-order valence-electron chi connectivity index (χ3n) is 3.08. The van der Waals surface area contributed by atoms with Crippen LogP contribution in [0.4, 0.5) is 4.39 Å². The minimum absolute atomic E-state index is 0. The molecule has 0 unspecified atom stereocenters. The van der Waals surface area contributed by atoms with Crippen LogP contribution in [-0.2, 0) is 6.54 Å². The predicted molar refractivity (Wildman–Crippen MR) is 71.1 cm³/mol. The number of halogens is 2. The van der Waals surface area contributed by atoms with Crippen molar-refractivity contribution in [1.82, 2.24) is 10.2 Å². The summed E-state index contributed by atoms with van der Waals surface area (Å²) in [6.07, 6.45) is 1.17. The first kappa shape index (κ1) is 14.4. The molecular weight excluding hydrogens is 239 g/mol. The van der Waals surface area contributed by atoms with Gasteiger partial charge in [0.2, 0.25) is 0 Å². The van der Waals surface area contributed by atoms with Gasteiger partial charge >= 0.3 is 0 Å². The third-order valence-corrected chi connectivity index (χ3v) is 3.08. The summed E-state index contributed by atoms with van der Waals surface area (Å²) in [7, 11) is 0. The summed E-state index contributed by atoms with van der Waals surface area (Å²) in [6.45, 7) is 6.94. The molecule has 0 aliphatic carbocycles. The van der Waals surface area contributed by atoms with Gasteiger partial charge in [0.1, 0.15) is 5.82 Å². The molecule has 1 aliphatic heterocycles. The number of hydrogen-bond donors (Lipinski definition) is 1. The van der Waals surface area contributed by atoms with Crippen LogP contribution in [-0.4, -0.2) is 31.1 Å². The van der Waals surface area contributed by atoms with Gasteiger partial charge in [0.05, 0.1) is 0 Å². The molecule has 2 rings (SSSR count). The van der Waals surface area contributed by atoms with Gasteiger partial charge in [-0.25, -0.2) is 4.39 Å². The SMILES string of the molecule is Cc1ccc(CN2CCCNCC2)cc1F.Cl. The van der Waals surface area contributed by atoms with E-state index in [0.717, 1.165) is 43.9 Å². The molecular formula is C13H20ClFN2. The Bertz CT molecular complexity index is 349. The van der Waals surface area contributed by atoms with E-state index in [4.69, 9.17) is 0 Å². The normalized spacial score (nSPS) is 17.3. The van der Waals surface area contributed by atoms with Crippen molar-refractivity contribution in [3.63, 3.8) is 0 Å². The lowest BCUT2D eigenvalue weighted by Gasteiger charge is -2.19. The number of nitrogens with one attached hydrogen (secondary N) is 1. The Morgan fingerprint density at radius 2 is 2.12 bits per heavy atom. The quantitative estimate of drug-likeness (QED) is 0.876. The predicted octanol–water partition coefficient (Wildman–Crippen LogP) is 2.35. The van der Waals surface area contributed by atoms with E-state index in [0.29, 0.717) is 0 Å². The average molecular weight is 259 g/mol. The van der Waals surface area contributed by atoms with Gasteiger partial charge in [-0.1, -0.05) is 12.1 Å². The van der Waals surface area contributed by atoms with Crippen molar-refractivity contribution in [3.8, 4) is 0 Å². The van der Waals surface area contributed by atoms with Crippen LogP contribution in [0.25, 0.3) is 0 Å². The zero-order valence-corrected chi connectivity index (χ0v) is 11.0. The monoisotopic (exact) mass is 258 g/mol. The van der Waals surface area contributed by atoms with E-state index in [1.165, 1.54) is 6.42 Å². The van der Waals surface area contributed by atoms with Crippen LogP contribution in [0.2, 0.25) is 0 Å². The number of hydrogen-bond acceptors (Lipinski definition) is 2. The first-order valence-electron chi connectivity index (χ1n) is 5.94. The molecule has 1 aromatic carbocycles.